The lowest BCUT2D eigenvalue weighted by Gasteiger charge is -2.41. The van der Waals surface area contributed by atoms with Crippen molar-refractivity contribution in [3.05, 3.63) is 69.7 Å². The number of halogens is 2. The van der Waals surface area contributed by atoms with E-state index in [4.69, 9.17) is 42.1 Å². The van der Waals surface area contributed by atoms with Crippen molar-refractivity contribution in [3.8, 4) is 0 Å². The fraction of sp³-hybridized carbons (Fsp3) is 0.583. The van der Waals surface area contributed by atoms with Gasteiger partial charge in [0.2, 0.25) is 0 Å². The molecule has 2 aromatic rings. The molecule has 0 radical (unpaired) electrons. The van der Waals surface area contributed by atoms with Crippen LogP contribution in [0.2, 0.25) is 10.0 Å². The van der Waals surface area contributed by atoms with Crippen LogP contribution in [-0.4, -0.2) is 101 Å². The molecule has 0 spiro atoms. The average Bonchev–Trinajstić information content (AvgIpc) is 2.98. The van der Waals surface area contributed by atoms with Crippen molar-refractivity contribution in [2.24, 2.45) is 0 Å². The average molecular weight is 710 g/mol. The first-order valence-corrected chi connectivity index (χ1v) is 17.0. The van der Waals surface area contributed by atoms with E-state index in [2.05, 4.69) is 0 Å². The molecular weight excluding hydrogens is 659 g/mol. The number of aliphatic hydroxyl groups is 1. The Kier molecular flexibility index (Phi) is 14.1. The van der Waals surface area contributed by atoms with E-state index < -0.39 is 35.6 Å². The monoisotopic (exact) mass is 708 g/mol. The number of amides is 2. The molecule has 0 bridgehead atoms. The third-order valence-corrected chi connectivity index (χ3v) is 8.13. The number of ketones is 1. The SMILES string of the molecule is CC(=O)[C@H]1CN(C(=O)OC(C)(C)C)[C@@H](Cc2ccc(Cl)cc2)CO1.CC(O)[C@H]1CN(C(=O)OC(C)(C)C)[C@@H](Cc2ccc(Cl)cc2)CO1. The van der Waals surface area contributed by atoms with Gasteiger partial charge in [0, 0.05) is 10.0 Å². The molecule has 4 rings (SSSR count). The zero-order valence-corrected chi connectivity index (χ0v) is 30.7. The molecule has 2 amide bonds. The Morgan fingerprint density at radius 3 is 1.54 bits per heavy atom. The number of nitrogens with zero attached hydrogens (tertiary/aromatic N) is 2. The van der Waals surface area contributed by atoms with Crippen LogP contribution in [0.15, 0.2) is 48.5 Å². The highest BCUT2D eigenvalue weighted by Gasteiger charge is 2.38. The van der Waals surface area contributed by atoms with Crippen molar-refractivity contribution in [1.82, 2.24) is 9.80 Å². The van der Waals surface area contributed by atoms with E-state index in [1.165, 1.54) is 6.92 Å². The largest absolute Gasteiger partial charge is 0.444 e. The van der Waals surface area contributed by atoms with Crippen molar-refractivity contribution < 1.29 is 38.4 Å². The maximum Gasteiger partial charge on any atom is 0.410 e. The Bertz CT molecular complexity index is 1360. The second-order valence-electron chi connectivity index (χ2n) is 14.3. The Morgan fingerprint density at radius 2 is 1.17 bits per heavy atom. The van der Waals surface area contributed by atoms with Crippen molar-refractivity contribution in [3.63, 3.8) is 0 Å². The molecule has 2 fully saturated rings. The molecule has 0 saturated carbocycles. The fourth-order valence-electron chi connectivity index (χ4n) is 5.17. The zero-order valence-electron chi connectivity index (χ0n) is 29.2. The van der Waals surface area contributed by atoms with Gasteiger partial charge < -0.3 is 24.1 Å². The van der Waals surface area contributed by atoms with Crippen LogP contribution in [0.4, 0.5) is 9.59 Å². The lowest BCUT2D eigenvalue weighted by atomic mass is 10.0. The van der Waals surface area contributed by atoms with Gasteiger partial charge in [-0.25, -0.2) is 9.59 Å². The summed E-state index contributed by atoms with van der Waals surface area (Å²) in [7, 11) is 0. The minimum Gasteiger partial charge on any atom is -0.444 e. The predicted octanol–water partition coefficient (Wildman–Crippen LogP) is 6.74. The smallest absolute Gasteiger partial charge is 0.410 e. The lowest BCUT2D eigenvalue weighted by Crippen LogP contribution is -2.56. The van der Waals surface area contributed by atoms with Crippen LogP contribution in [0.3, 0.4) is 0 Å². The highest BCUT2D eigenvalue weighted by molar-refractivity contribution is 6.30. The highest BCUT2D eigenvalue weighted by Crippen LogP contribution is 2.23. The van der Waals surface area contributed by atoms with Gasteiger partial charge in [0.25, 0.3) is 0 Å². The first-order chi connectivity index (χ1) is 22.3. The molecule has 12 heteroatoms. The quantitative estimate of drug-likeness (QED) is 0.351. The predicted molar refractivity (Wildman–Crippen MR) is 186 cm³/mol. The number of ether oxygens (including phenoxy) is 4. The van der Waals surface area contributed by atoms with Crippen LogP contribution in [0, 0.1) is 0 Å². The van der Waals surface area contributed by atoms with Crippen LogP contribution in [0.25, 0.3) is 0 Å². The summed E-state index contributed by atoms with van der Waals surface area (Å²) in [5.41, 5.74) is 0.951. The number of benzene rings is 2. The van der Waals surface area contributed by atoms with Crippen LogP contribution in [-0.2, 0) is 36.6 Å². The molecule has 10 nitrogen and oxygen atoms in total. The van der Waals surface area contributed by atoms with Crippen molar-refractivity contribution in [2.75, 3.05) is 26.3 Å². The number of hydrogen-bond acceptors (Lipinski definition) is 8. The van der Waals surface area contributed by atoms with Gasteiger partial charge in [-0.05, 0) is 104 Å². The Hall–Kier alpha value is -2.89. The molecule has 2 heterocycles. The number of aliphatic hydroxyl groups excluding tert-OH is 1. The zero-order chi connectivity index (χ0) is 35.8. The molecule has 5 atom stereocenters. The number of carbonyl (C=O) groups is 3. The van der Waals surface area contributed by atoms with Crippen molar-refractivity contribution in [2.45, 2.75) is 110 Å². The fourth-order valence-corrected chi connectivity index (χ4v) is 5.42. The molecule has 1 N–H and O–H groups in total. The summed E-state index contributed by atoms with van der Waals surface area (Å²) in [5.74, 6) is -0.0894. The van der Waals surface area contributed by atoms with Gasteiger partial charge in [-0.2, -0.15) is 0 Å². The molecule has 0 aliphatic carbocycles. The van der Waals surface area contributed by atoms with E-state index in [1.807, 2.05) is 90.1 Å². The van der Waals surface area contributed by atoms with Crippen LogP contribution in [0.5, 0.6) is 0 Å². The van der Waals surface area contributed by atoms with E-state index in [9.17, 15) is 19.5 Å². The molecule has 266 valence electrons. The van der Waals surface area contributed by atoms with E-state index in [0.717, 1.165) is 11.1 Å². The van der Waals surface area contributed by atoms with E-state index in [1.54, 1.807) is 16.7 Å². The summed E-state index contributed by atoms with van der Waals surface area (Å²) in [6, 6.07) is 14.7. The molecule has 1 unspecified atom stereocenters. The van der Waals surface area contributed by atoms with Gasteiger partial charge in [-0.1, -0.05) is 47.5 Å². The van der Waals surface area contributed by atoms with Crippen molar-refractivity contribution >= 4 is 41.2 Å². The molecule has 2 aliphatic rings. The lowest BCUT2D eigenvalue weighted by molar-refractivity contribution is -0.137. The third-order valence-electron chi connectivity index (χ3n) is 7.63. The van der Waals surface area contributed by atoms with Gasteiger partial charge in [0.05, 0.1) is 44.5 Å². The normalized spacial score (nSPS) is 22.2. The topological polar surface area (TPSA) is 115 Å². The van der Waals surface area contributed by atoms with E-state index >= 15 is 0 Å². The van der Waals surface area contributed by atoms with Crippen LogP contribution in [0.1, 0.15) is 66.5 Å². The maximum atomic E-state index is 12.6. The van der Waals surface area contributed by atoms with Crippen molar-refractivity contribution in [1.29, 1.82) is 0 Å². The summed E-state index contributed by atoms with van der Waals surface area (Å²) < 4.78 is 22.4. The van der Waals surface area contributed by atoms with E-state index in [0.29, 0.717) is 42.6 Å². The van der Waals surface area contributed by atoms with Gasteiger partial charge >= 0.3 is 12.2 Å². The van der Waals surface area contributed by atoms with Gasteiger partial charge in [-0.15, -0.1) is 0 Å². The van der Waals surface area contributed by atoms with Crippen LogP contribution >= 0.6 is 23.2 Å². The standard InChI is InChI=1S/C18H26ClNO4.C18H24ClNO4/c2*1-12(21)16-10-20(17(22)24-18(2,3)4)15(11-23-16)9-13-5-7-14(19)8-6-13/h5-8,12,15-16,21H,9-11H2,1-4H3;5-8,15-16H,9-11H2,1-4H3/t12?,15-,16+;15-,16+/m00/s1. The molecule has 2 aromatic carbocycles. The minimum absolute atomic E-state index is 0.0894. The second kappa shape index (κ2) is 17.2. The Morgan fingerprint density at radius 1 is 0.771 bits per heavy atom. The molecule has 0 aromatic heterocycles. The van der Waals surface area contributed by atoms with Gasteiger partial charge in [0.1, 0.15) is 23.4 Å². The first kappa shape index (κ1) is 39.5. The number of morpholine rings is 2. The van der Waals surface area contributed by atoms with Gasteiger partial charge in [0.15, 0.2) is 5.78 Å². The first-order valence-electron chi connectivity index (χ1n) is 16.2. The summed E-state index contributed by atoms with van der Waals surface area (Å²) in [6.07, 6.45) is -1.19. The molecule has 2 aliphatic heterocycles. The number of rotatable bonds is 6. The van der Waals surface area contributed by atoms with E-state index in [-0.39, 0.29) is 30.5 Å². The molecular formula is C36H50Cl2N2O8. The molecule has 2 saturated heterocycles. The second-order valence-corrected chi connectivity index (χ2v) is 15.2. The van der Waals surface area contributed by atoms with Gasteiger partial charge in [-0.3, -0.25) is 14.6 Å². The molecule has 48 heavy (non-hydrogen) atoms. The minimum atomic E-state index is -0.647. The number of carbonyl (C=O) groups excluding carboxylic acids is 3. The maximum absolute atomic E-state index is 12.6. The third kappa shape index (κ3) is 12.9. The number of Topliss-reactive ketones (excluding diaryl/α,β-unsaturated/α-hetero) is 1. The highest BCUT2D eigenvalue weighted by atomic mass is 35.5. The van der Waals surface area contributed by atoms with Crippen LogP contribution < -0.4 is 0 Å². The Balaban J connectivity index is 0.000000260. The summed E-state index contributed by atoms with van der Waals surface area (Å²) in [6.45, 7) is 15.3. The summed E-state index contributed by atoms with van der Waals surface area (Å²) >= 11 is 11.8. The Labute approximate surface area is 294 Å². The number of hydrogen-bond donors (Lipinski definition) is 1. The summed E-state index contributed by atoms with van der Waals surface area (Å²) in [4.78, 5) is 40.0. The summed E-state index contributed by atoms with van der Waals surface area (Å²) in [5, 5.41) is 11.1.